The Morgan fingerprint density at radius 1 is 1.14 bits per heavy atom. The first-order valence-corrected chi connectivity index (χ1v) is 6.43. The van der Waals surface area contributed by atoms with Gasteiger partial charge in [-0.3, -0.25) is 0 Å². The average molecular weight is 318 g/mol. The van der Waals surface area contributed by atoms with Crippen LogP contribution in [0.3, 0.4) is 0 Å². The Morgan fingerprint density at radius 3 is 2.36 bits per heavy atom. The van der Waals surface area contributed by atoms with Gasteiger partial charge in [-0.05, 0) is 30.2 Å². The third-order valence-electron chi connectivity index (χ3n) is 1.92. The van der Waals surface area contributed by atoms with Gasteiger partial charge in [0.05, 0.1) is 0 Å². The predicted octanol–water partition coefficient (Wildman–Crippen LogP) is 5.42. The van der Waals surface area contributed by atoms with Crippen LogP contribution in [0, 0.1) is 0 Å². The van der Waals surface area contributed by atoms with Gasteiger partial charge in [0, 0.05) is 8.95 Å². The highest BCUT2D eigenvalue weighted by Gasteiger charge is 1.93. The minimum absolute atomic E-state index is 1.11. The molecule has 76 valence electrons. The second-order valence-corrected chi connectivity index (χ2v) is 5.08. The van der Waals surface area contributed by atoms with Crippen LogP contribution in [0.25, 0.3) is 6.08 Å². The molecule has 0 aliphatic rings. The number of halogens is 2. The Balaban J connectivity index is 2.62. The molecule has 1 aromatic rings. The molecule has 0 nitrogen and oxygen atoms in total. The lowest BCUT2D eigenvalue weighted by molar-refractivity contribution is 0.816. The third kappa shape index (κ3) is 4.43. The highest BCUT2D eigenvalue weighted by molar-refractivity contribution is 9.11. The molecule has 0 saturated heterocycles. The molecule has 1 rings (SSSR count). The van der Waals surface area contributed by atoms with E-state index in [2.05, 4.69) is 63.1 Å². The van der Waals surface area contributed by atoms with Gasteiger partial charge in [0.2, 0.25) is 0 Å². The van der Waals surface area contributed by atoms with Gasteiger partial charge in [-0.1, -0.05) is 63.8 Å². The summed E-state index contributed by atoms with van der Waals surface area (Å²) in [6.07, 6.45) is 8.10. The van der Waals surface area contributed by atoms with E-state index >= 15 is 0 Å². The summed E-state index contributed by atoms with van der Waals surface area (Å²) in [6, 6.07) is 6.28. The first-order valence-electron chi connectivity index (χ1n) is 4.85. The van der Waals surface area contributed by atoms with E-state index in [1.165, 1.54) is 24.8 Å². The molecule has 0 spiro atoms. The van der Waals surface area contributed by atoms with Gasteiger partial charge < -0.3 is 0 Å². The van der Waals surface area contributed by atoms with Crippen LogP contribution in [0.5, 0.6) is 0 Å². The zero-order chi connectivity index (χ0) is 10.4. The summed E-state index contributed by atoms with van der Waals surface area (Å²) in [7, 11) is 0. The molecule has 0 saturated carbocycles. The molecule has 0 fully saturated rings. The van der Waals surface area contributed by atoms with Crippen LogP contribution < -0.4 is 0 Å². The molecule has 0 amide bonds. The monoisotopic (exact) mass is 316 g/mol. The Labute approximate surface area is 103 Å². The van der Waals surface area contributed by atoms with E-state index in [1.54, 1.807) is 0 Å². The molecule has 0 bridgehead atoms. The summed E-state index contributed by atoms with van der Waals surface area (Å²) in [5.41, 5.74) is 1.24. The smallest absolute Gasteiger partial charge is 0.0192 e. The molecule has 0 atom stereocenters. The Morgan fingerprint density at radius 2 is 1.79 bits per heavy atom. The highest BCUT2D eigenvalue weighted by Crippen LogP contribution is 2.21. The Hall–Kier alpha value is -0.0800. The molecule has 0 radical (unpaired) electrons. The molecule has 14 heavy (non-hydrogen) atoms. The van der Waals surface area contributed by atoms with Crippen molar-refractivity contribution in [2.45, 2.75) is 26.2 Å². The highest BCUT2D eigenvalue weighted by atomic mass is 79.9. The summed E-state index contributed by atoms with van der Waals surface area (Å²) in [5, 5.41) is 0. The van der Waals surface area contributed by atoms with Crippen LogP contribution >= 0.6 is 31.9 Å². The molecular formula is C12H14Br2. The summed E-state index contributed by atoms with van der Waals surface area (Å²) < 4.78 is 2.23. The third-order valence-corrected chi connectivity index (χ3v) is 2.84. The average Bonchev–Trinajstić information content (AvgIpc) is 2.11. The fourth-order valence-corrected chi connectivity index (χ4v) is 2.54. The van der Waals surface area contributed by atoms with Crippen molar-refractivity contribution in [2.75, 3.05) is 0 Å². The Kier molecular flexibility index (Phi) is 5.49. The summed E-state index contributed by atoms with van der Waals surface area (Å²) >= 11 is 6.94. The standard InChI is InChI=1S/C12H14Br2/c1-2-3-4-5-6-10-7-11(13)9-12(14)8-10/h5-9H,2-4H2,1H3. The van der Waals surface area contributed by atoms with Crippen LogP contribution in [0.4, 0.5) is 0 Å². The summed E-state index contributed by atoms with van der Waals surface area (Å²) in [6.45, 7) is 2.21. The van der Waals surface area contributed by atoms with Gasteiger partial charge in [-0.25, -0.2) is 0 Å². The van der Waals surface area contributed by atoms with Crippen LogP contribution in [0.1, 0.15) is 31.7 Å². The van der Waals surface area contributed by atoms with Crippen LogP contribution in [0.2, 0.25) is 0 Å². The van der Waals surface area contributed by atoms with Gasteiger partial charge >= 0.3 is 0 Å². The molecule has 0 N–H and O–H groups in total. The van der Waals surface area contributed by atoms with Crippen molar-refractivity contribution in [1.29, 1.82) is 0 Å². The van der Waals surface area contributed by atoms with Gasteiger partial charge in [-0.2, -0.15) is 0 Å². The van der Waals surface area contributed by atoms with Gasteiger partial charge in [0.15, 0.2) is 0 Å². The van der Waals surface area contributed by atoms with E-state index < -0.39 is 0 Å². The van der Waals surface area contributed by atoms with Gasteiger partial charge in [0.25, 0.3) is 0 Å². The molecule has 0 aromatic heterocycles. The first-order chi connectivity index (χ1) is 6.72. The number of hydrogen-bond donors (Lipinski definition) is 0. The van der Waals surface area contributed by atoms with Crippen molar-refractivity contribution in [3.63, 3.8) is 0 Å². The molecule has 0 aliphatic heterocycles. The van der Waals surface area contributed by atoms with E-state index in [4.69, 9.17) is 0 Å². The van der Waals surface area contributed by atoms with Crippen LogP contribution in [-0.2, 0) is 0 Å². The summed E-state index contributed by atoms with van der Waals surface area (Å²) in [4.78, 5) is 0. The molecular weight excluding hydrogens is 304 g/mol. The molecule has 0 unspecified atom stereocenters. The fraction of sp³-hybridized carbons (Fsp3) is 0.333. The van der Waals surface area contributed by atoms with Crippen molar-refractivity contribution in [3.05, 3.63) is 38.8 Å². The van der Waals surface area contributed by atoms with Gasteiger partial charge in [0.1, 0.15) is 0 Å². The maximum absolute atomic E-state index is 3.47. The fourth-order valence-electron chi connectivity index (χ4n) is 1.21. The number of unbranched alkanes of at least 4 members (excludes halogenated alkanes) is 2. The second-order valence-electron chi connectivity index (χ2n) is 3.25. The Bertz CT molecular complexity index is 296. The lowest BCUT2D eigenvalue weighted by Crippen LogP contribution is -1.74. The molecule has 2 heteroatoms. The van der Waals surface area contributed by atoms with Crippen LogP contribution in [-0.4, -0.2) is 0 Å². The zero-order valence-electron chi connectivity index (χ0n) is 8.26. The maximum Gasteiger partial charge on any atom is 0.0192 e. The zero-order valence-corrected chi connectivity index (χ0v) is 11.4. The number of allylic oxidation sites excluding steroid dienone is 1. The molecule has 1 aromatic carbocycles. The number of rotatable bonds is 4. The largest absolute Gasteiger partial charge is 0.0839 e. The second kappa shape index (κ2) is 6.41. The summed E-state index contributed by atoms with van der Waals surface area (Å²) in [5.74, 6) is 0. The molecule has 0 aliphatic carbocycles. The van der Waals surface area contributed by atoms with E-state index in [-0.39, 0.29) is 0 Å². The quantitative estimate of drug-likeness (QED) is 0.651. The van der Waals surface area contributed by atoms with Crippen LogP contribution in [0.15, 0.2) is 33.2 Å². The number of benzene rings is 1. The van der Waals surface area contributed by atoms with Crippen molar-refractivity contribution < 1.29 is 0 Å². The topological polar surface area (TPSA) is 0 Å². The van der Waals surface area contributed by atoms with Crippen molar-refractivity contribution >= 4 is 37.9 Å². The van der Waals surface area contributed by atoms with E-state index in [0.29, 0.717) is 0 Å². The number of hydrogen-bond acceptors (Lipinski definition) is 0. The van der Waals surface area contributed by atoms with Gasteiger partial charge in [-0.15, -0.1) is 0 Å². The SMILES string of the molecule is CCCCC=Cc1cc(Br)cc(Br)c1. The predicted molar refractivity (Wildman–Crippen MR) is 70.4 cm³/mol. The molecule has 0 heterocycles. The van der Waals surface area contributed by atoms with Crippen molar-refractivity contribution in [2.24, 2.45) is 0 Å². The maximum atomic E-state index is 3.47. The van der Waals surface area contributed by atoms with E-state index in [1.807, 2.05) is 6.07 Å². The normalized spacial score (nSPS) is 11.1. The minimum Gasteiger partial charge on any atom is -0.0839 e. The first kappa shape index (κ1) is 12.0. The van der Waals surface area contributed by atoms with Crippen molar-refractivity contribution in [3.8, 4) is 0 Å². The van der Waals surface area contributed by atoms with Crippen molar-refractivity contribution in [1.82, 2.24) is 0 Å². The minimum atomic E-state index is 1.11. The lowest BCUT2D eigenvalue weighted by atomic mass is 10.2. The van der Waals surface area contributed by atoms with E-state index in [0.717, 1.165) is 8.95 Å². The van der Waals surface area contributed by atoms with E-state index in [9.17, 15) is 0 Å². The lowest BCUT2D eigenvalue weighted by Gasteiger charge is -1.97.